The van der Waals surface area contributed by atoms with Crippen molar-refractivity contribution in [1.29, 1.82) is 0 Å². The van der Waals surface area contributed by atoms with E-state index >= 15 is 0 Å². The number of sulfonamides is 1. The van der Waals surface area contributed by atoms with E-state index in [1.54, 1.807) is 13.1 Å². The lowest BCUT2D eigenvalue weighted by atomic mass is 10.1. The molecule has 1 aromatic heterocycles. The Kier molecular flexibility index (Phi) is 3.36. The van der Waals surface area contributed by atoms with E-state index in [1.807, 2.05) is 30.3 Å². The van der Waals surface area contributed by atoms with Crippen molar-refractivity contribution >= 4 is 21.1 Å². The van der Waals surface area contributed by atoms with E-state index in [2.05, 4.69) is 4.72 Å². The minimum absolute atomic E-state index is 0.100. The van der Waals surface area contributed by atoms with Crippen molar-refractivity contribution in [3.63, 3.8) is 0 Å². The van der Waals surface area contributed by atoms with Crippen LogP contribution in [0.5, 0.6) is 0 Å². The molecule has 1 heterocycles. The molecule has 7 heteroatoms. The Labute approximate surface area is 138 Å². The van der Waals surface area contributed by atoms with Crippen LogP contribution in [0, 0.1) is 0 Å². The third kappa shape index (κ3) is 2.55. The molecule has 2 atom stereocenters. The highest BCUT2D eigenvalue weighted by Crippen LogP contribution is 2.41. The van der Waals surface area contributed by atoms with Gasteiger partial charge in [0.05, 0.1) is 10.4 Å². The summed E-state index contributed by atoms with van der Waals surface area (Å²) in [7, 11) is -2.08. The lowest BCUT2D eigenvalue weighted by Crippen LogP contribution is -2.26. The van der Waals surface area contributed by atoms with Crippen LogP contribution in [0.15, 0.2) is 62.6 Å². The molecule has 0 bridgehead atoms. The van der Waals surface area contributed by atoms with Crippen molar-refractivity contribution < 1.29 is 12.8 Å². The van der Waals surface area contributed by atoms with E-state index in [1.165, 1.54) is 16.7 Å². The lowest BCUT2D eigenvalue weighted by molar-refractivity contribution is 0.527. The number of rotatable bonds is 4. The Hall–Kier alpha value is -2.38. The average molecular weight is 344 g/mol. The quantitative estimate of drug-likeness (QED) is 0.784. The predicted octanol–water partition coefficient (Wildman–Crippen LogP) is 1.97. The normalized spacial score (nSPS) is 20.4. The van der Waals surface area contributed by atoms with Crippen molar-refractivity contribution in [2.24, 2.45) is 7.05 Å². The van der Waals surface area contributed by atoms with Gasteiger partial charge in [-0.25, -0.2) is 17.9 Å². The Morgan fingerprint density at radius 1 is 1.17 bits per heavy atom. The van der Waals surface area contributed by atoms with Gasteiger partial charge in [0.1, 0.15) is 0 Å². The minimum atomic E-state index is -3.65. The summed E-state index contributed by atoms with van der Waals surface area (Å²) in [6, 6.07) is 14.2. The number of benzene rings is 2. The van der Waals surface area contributed by atoms with Crippen molar-refractivity contribution in [2.75, 3.05) is 0 Å². The van der Waals surface area contributed by atoms with Crippen molar-refractivity contribution in [2.45, 2.75) is 23.3 Å². The van der Waals surface area contributed by atoms with Crippen molar-refractivity contribution in [3.8, 4) is 0 Å². The summed E-state index contributed by atoms with van der Waals surface area (Å²) in [5.74, 6) is -0.307. The number of aromatic nitrogens is 1. The zero-order chi connectivity index (χ0) is 16.9. The van der Waals surface area contributed by atoms with E-state index < -0.39 is 15.8 Å². The molecule has 2 aromatic carbocycles. The standard InChI is InChI=1S/C17H16N2O4S/c1-19-15-8-7-12(9-16(15)23-17(19)20)24(21,22)18-14-10-13(14)11-5-3-2-4-6-11/h2-9,13-14,18H,10H2,1H3. The van der Waals surface area contributed by atoms with E-state index in [4.69, 9.17) is 4.42 Å². The fourth-order valence-corrected chi connectivity index (χ4v) is 4.25. The van der Waals surface area contributed by atoms with Crippen LogP contribution in [-0.4, -0.2) is 19.0 Å². The van der Waals surface area contributed by atoms with Gasteiger partial charge in [-0.3, -0.25) is 4.57 Å². The van der Waals surface area contributed by atoms with Crippen LogP contribution < -0.4 is 10.5 Å². The van der Waals surface area contributed by atoms with Crippen LogP contribution in [0.25, 0.3) is 11.1 Å². The highest BCUT2D eigenvalue weighted by Gasteiger charge is 2.41. The summed E-state index contributed by atoms with van der Waals surface area (Å²) in [6.07, 6.45) is 0.784. The Bertz CT molecular complexity index is 1070. The molecule has 4 rings (SSSR count). The van der Waals surface area contributed by atoms with Gasteiger partial charge < -0.3 is 4.42 Å². The third-order valence-corrected chi connectivity index (χ3v) is 5.89. The molecule has 1 N–H and O–H groups in total. The second-order valence-corrected chi connectivity index (χ2v) is 7.75. The maximum absolute atomic E-state index is 12.6. The topological polar surface area (TPSA) is 81.3 Å². The molecule has 0 radical (unpaired) electrons. The van der Waals surface area contributed by atoms with Crippen LogP contribution in [0.4, 0.5) is 0 Å². The van der Waals surface area contributed by atoms with Crippen LogP contribution in [0.1, 0.15) is 17.9 Å². The summed E-state index contributed by atoms with van der Waals surface area (Å²) in [6.45, 7) is 0. The van der Waals surface area contributed by atoms with Gasteiger partial charge in [0.2, 0.25) is 10.0 Å². The molecule has 1 saturated carbocycles. The van der Waals surface area contributed by atoms with Crippen LogP contribution in [0.2, 0.25) is 0 Å². The summed E-state index contributed by atoms with van der Waals surface area (Å²) in [5, 5.41) is 0. The Morgan fingerprint density at radius 3 is 2.67 bits per heavy atom. The highest BCUT2D eigenvalue weighted by molar-refractivity contribution is 7.89. The van der Waals surface area contributed by atoms with Crippen molar-refractivity contribution in [1.82, 2.24) is 9.29 Å². The molecule has 1 fully saturated rings. The molecule has 0 spiro atoms. The van der Waals surface area contributed by atoms with Crippen LogP contribution in [0.3, 0.4) is 0 Å². The number of hydrogen-bond donors (Lipinski definition) is 1. The molecule has 2 unspecified atom stereocenters. The van der Waals surface area contributed by atoms with Gasteiger partial charge in [0.25, 0.3) is 0 Å². The molecule has 0 aliphatic heterocycles. The molecule has 1 aliphatic carbocycles. The molecular formula is C17H16N2O4S. The first-order valence-electron chi connectivity index (χ1n) is 7.62. The Balaban J connectivity index is 1.59. The van der Waals surface area contributed by atoms with E-state index in [0.29, 0.717) is 5.52 Å². The monoisotopic (exact) mass is 344 g/mol. The van der Waals surface area contributed by atoms with Gasteiger partial charge in [-0.1, -0.05) is 30.3 Å². The van der Waals surface area contributed by atoms with Crippen LogP contribution in [-0.2, 0) is 17.1 Å². The number of nitrogens with one attached hydrogen (secondary N) is 1. The first-order valence-corrected chi connectivity index (χ1v) is 9.11. The summed E-state index contributed by atoms with van der Waals surface area (Å²) in [5.41, 5.74) is 1.96. The van der Waals surface area contributed by atoms with Gasteiger partial charge in [-0.15, -0.1) is 0 Å². The van der Waals surface area contributed by atoms with Gasteiger partial charge in [0, 0.05) is 25.1 Å². The molecule has 124 valence electrons. The number of hydrogen-bond acceptors (Lipinski definition) is 4. The molecule has 24 heavy (non-hydrogen) atoms. The predicted molar refractivity (Wildman–Crippen MR) is 89.4 cm³/mol. The summed E-state index contributed by atoms with van der Waals surface area (Å²) in [4.78, 5) is 11.6. The third-order valence-electron chi connectivity index (χ3n) is 4.40. The van der Waals surface area contributed by atoms with Crippen LogP contribution >= 0.6 is 0 Å². The number of nitrogens with zero attached hydrogens (tertiary/aromatic N) is 1. The fourth-order valence-electron chi connectivity index (χ4n) is 2.94. The largest absolute Gasteiger partial charge is 0.419 e. The van der Waals surface area contributed by atoms with E-state index in [0.717, 1.165) is 12.0 Å². The first kappa shape index (κ1) is 15.2. The van der Waals surface area contributed by atoms with E-state index in [9.17, 15) is 13.2 Å². The summed E-state index contributed by atoms with van der Waals surface area (Å²) >= 11 is 0. The van der Waals surface area contributed by atoms with Gasteiger partial charge in [-0.2, -0.15) is 0 Å². The maximum atomic E-state index is 12.6. The molecule has 0 saturated heterocycles. The second kappa shape index (κ2) is 5.32. The molecule has 0 amide bonds. The van der Waals surface area contributed by atoms with E-state index in [-0.39, 0.29) is 22.4 Å². The highest BCUT2D eigenvalue weighted by atomic mass is 32.2. The average Bonchev–Trinajstić information content (AvgIpc) is 3.26. The lowest BCUT2D eigenvalue weighted by Gasteiger charge is -2.06. The molecule has 1 aliphatic rings. The SMILES string of the molecule is Cn1c(=O)oc2cc(S(=O)(=O)NC3CC3c3ccccc3)ccc21. The van der Waals surface area contributed by atoms with Gasteiger partial charge in [0.15, 0.2) is 5.58 Å². The summed E-state index contributed by atoms with van der Waals surface area (Å²) < 4.78 is 34.2. The number of oxazole rings is 1. The van der Waals surface area contributed by atoms with Crippen molar-refractivity contribution in [3.05, 3.63) is 64.6 Å². The molecule has 6 nitrogen and oxygen atoms in total. The molecular weight excluding hydrogens is 328 g/mol. The zero-order valence-corrected chi connectivity index (χ0v) is 13.8. The van der Waals surface area contributed by atoms with Gasteiger partial charge in [-0.05, 0) is 24.1 Å². The molecule has 3 aromatic rings. The van der Waals surface area contributed by atoms with Gasteiger partial charge >= 0.3 is 5.76 Å². The first-order chi connectivity index (χ1) is 11.5. The fraction of sp³-hybridized carbons (Fsp3) is 0.235. The smallest absolute Gasteiger partial charge is 0.408 e. The second-order valence-electron chi connectivity index (χ2n) is 6.04. The number of aryl methyl sites for hydroxylation is 1. The zero-order valence-electron chi connectivity index (χ0n) is 13.0. The number of fused-ring (bicyclic) bond motifs is 1. The maximum Gasteiger partial charge on any atom is 0.419 e. The Morgan fingerprint density at radius 2 is 1.92 bits per heavy atom. The minimum Gasteiger partial charge on any atom is -0.408 e.